The van der Waals surface area contributed by atoms with Gasteiger partial charge in [0.25, 0.3) is 0 Å². The minimum absolute atomic E-state index is 0.00563. The lowest BCUT2D eigenvalue weighted by Gasteiger charge is -2.37. The van der Waals surface area contributed by atoms with E-state index in [0.717, 1.165) is 17.7 Å². The Morgan fingerprint density at radius 1 is 1.28 bits per heavy atom. The van der Waals surface area contributed by atoms with Gasteiger partial charge in [0.15, 0.2) is 5.70 Å². The van der Waals surface area contributed by atoms with Crippen molar-refractivity contribution < 1.29 is 23.7 Å². The molecule has 0 N–H and O–H groups in total. The zero-order chi connectivity index (χ0) is 18.4. The van der Waals surface area contributed by atoms with E-state index in [1.165, 1.54) is 6.92 Å². The van der Waals surface area contributed by atoms with E-state index in [-0.39, 0.29) is 22.8 Å². The smallest absolute Gasteiger partial charge is 0.431 e. The molecule has 0 radical (unpaired) electrons. The van der Waals surface area contributed by atoms with Crippen LogP contribution >= 0.6 is 0 Å². The molecule has 1 aromatic rings. The van der Waals surface area contributed by atoms with E-state index in [0.29, 0.717) is 11.3 Å². The highest BCUT2D eigenvalue weighted by Gasteiger charge is 2.60. The van der Waals surface area contributed by atoms with Gasteiger partial charge in [-0.25, -0.2) is 14.2 Å². The second-order valence-corrected chi connectivity index (χ2v) is 6.52. The average Bonchev–Trinajstić information content (AvgIpc) is 3.42. The van der Waals surface area contributed by atoms with E-state index >= 15 is 0 Å². The lowest BCUT2D eigenvalue weighted by molar-refractivity contribution is -0.810. The first-order chi connectivity index (χ1) is 11.8. The van der Waals surface area contributed by atoms with E-state index < -0.39 is 22.6 Å². The van der Waals surface area contributed by atoms with Crippen LogP contribution in [-0.4, -0.2) is 46.4 Å². The zero-order valence-corrected chi connectivity index (χ0v) is 14.4. The summed E-state index contributed by atoms with van der Waals surface area (Å²) in [6, 6.07) is 6.49. The van der Waals surface area contributed by atoms with Crippen LogP contribution in [-0.2, 0) is 11.3 Å². The summed E-state index contributed by atoms with van der Waals surface area (Å²) < 4.78 is 4.89. The lowest BCUT2D eigenvalue weighted by atomic mass is 10.1. The SMILES string of the molecule is COc1ccc(CN2C(=O)C([N+](=O)[O-])=C(C)[N+](C)(C3CC3)C2=O)cc1. The van der Waals surface area contributed by atoms with Crippen molar-refractivity contribution in [1.29, 1.82) is 0 Å². The van der Waals surface area contributed by atoms with Gasteiger partial charge in [0.05, 0.1) is 25.6 Å². The fourth-order valence-electron chi connectivity index (χ4n) is 3.27. The molecule has 132 valence electrons. The largest absolute Gasteiger partial charge is 0.497 e. The number of quaternary nitrogens is 1. The van der Waals surface area contributed by atoms with Gasteiger partial charge in [-0.05, 0) is 17.7 Å². The molecule has 3 amide bonds. The third kappa shape index (κ3) is 2.68. The van der Waals surface area contributed by atoms with Crippen molar-refractivity contribution in [2.75, 3.05) is 14.2 Å². The maximum absolute atomic E-state index is 13.0. The van der Waals surface area contributed by atoms with E-state index in [4.69, 9.17) is 4.74 Å². The fraction of sp³-hybridized carbons (Fsp3) is 0.412. The first-order valence-electron chi connectivity index (χ1n) is 8.02. The van der Waals surface area contributed by atoms with Crippen molar-refractivity contribution in [3.05, 3.63) is 51.3 Å². The number of rotatable bonds is 5. The van der Waals surface area contributed by atoms with Crippen molar-refractivity contribution in [2.24, 2.45) is 0 Å². The molecule has 1 aromatic carbocycles. The molecule has 0 bridgehead atoms. The summed E-state index contributed by atoms with van der Waals surface area (Å²) in [5, 5.41) is 11.5. The Morgan fingerprint density at radius 2 is 1.88 bits per heavy atom. The Hall–Kier alpha value is -2.74. The predicted molar refractivity (Wildman–Crippen MR) is 87.8 cm³/mol. The molecule has 1 aliphatic carbocycles. The molecule has 1 aliphatic heterocycles. The third-order valence-electron chi connectivity index (χ3n) is 5.07. The molecular formula is C17H20N3O5+. The van der Waals surface area contributed by atoms with Crippen molar-refractivity contribution in [1.82, 2.24) is 4.90 Å². The van der Waals surface area contributed by atoms with E-state index in [2.05, 4.69) is 0 Å². The average molecular weight is 346 g/mol. The Bertz CT molecular complexity index is 782. The first kappa shape index (κ1) is 17.1. The van der Waals surface area contributed by atoms with E-state index in [1.54, 1.807) is 38.4 Å². The molecule has 8 heteroatoms. The van der Waals surface area contributed by atoms with Gasteiger partial charge in [-0.3, -0.25) is 14.9 Å². The van der Waals surface area contributed by atoms with E-state index in [1.807, 2.05) is 0 Å². The molecule has 1 heterocycles. The Labute approximate surface area is 145 Å². The van der Waals surface area contributed by atoms with Crippen LogP contribution in [0.5, 0.6) is 5.75 Å². The number of nitro groups is 1. The number of hydrogen-bond acceptors (Lipinski definition) is 5. The van der Waals surface area contributed by atoms with Crippen LogP contribution in [0, 0.1) is 10.1 Å². The van der Waals surface area contributed by atoms with Gasteiger partial charge in [-0.2, -0.15) is 0 Å². The zero-order valence-electron chi connectivity index (χ0n) is 14.4. The normalized spacial score (nSPS) is 23.9. The second kappa shape index (κ2) is 5.96. The number of carbonyl (C=O) groups is 2. The fourth-order valence-corrected chi connectivity index (χ4v) is 3.27. The summed E-state index contributed by atoms with van der Waals surface area (Å²) in [5.41, 5.74) is 0.420. The molecule has 0 spiro atoms. The number of imide groups is 1. The summed E-state index contributed by atoms with van der Waals surface area (Å²) >= 11 is 0. The minimum atomic E-state index is -0.848. The maximum atomic E-state index is 13.0. The molecule has 0 aromatic heterocycles. The molecule has 25 heavy (non-hydrogen) atoms. The first-order valence-corrected chi connectivity index (χ1v) is 8.02. The molecule has 1 atom stereocenters. The van der Waals surface area contributed by atoms with Crippen LogP contribution < -0.4 is 4.74 Å². The molecule has 8 nitrogen and oxygen atoms in total. The molecule has 1 saturated carbocycles. The van der Waals surface area contributed by atoms with Crippen molar-refractivity contribution in [2.45, 2.75) is 32.4 Å². The van der Waals surface area contributed by atoms with E-state index in [9.17, 15) is 19.7 Å². The predicted octanol–water partition coefficient (Wildman–Crippen LogP) is 2.27. The van der Waals surface area contributed by atoms with Gasteiger partial charge in [0.1, 0.15) is 11.8 Å². The Morgan fingerprint density at radius 3 is 2.36 bits per heavy atom. The molecular weight excluding hydrogens is 326 g/mol. The molecule has 0 saturated heterocycles. The molecule has 2 aliphatic rings. The van der Waals surface area contributed by atoms with Crippen LogP contribution in [0.1, 0.15) is 25.3 Å². The van der Waals surface area contributed by atoms with Gasteiger partial charge in [0, 0.05) is 19.8 Å². The van der Waals surface area contributed by atoms with Crippen LogP contribution in [0.2, 0.25) is 0 Å². The maximum Gasteiger partial charge on any atom is 0.431 e. The third-order valence-corrected chi connectivity index (χ3v) is 5.07. The van der Waals surface area contributed by atoms with Crippen molar-refractivity contribution in [3.63, 3.8) is 0 Å². The number of allylic oxidation sites excluding steroid dienone is 1. The van der Waals surface area contributed by atoms with Crippen molar-refractivity contribution >= 4 is 11.9 Å². The highest BCUT2D eigenvalue weighted by molar-refractivity contribution is 6.03. The highest BCUT2D eigenvalue weighted by Crippen LogP contribution is 2.41. The van der Waals surface area contributed by atoms with Crippen LogP contribution in [0.15, 0.2) is 35.7 Å². The quantitative estimate of drug-likeness (QED) is 0.463. The van der Waals surface area contributed by atoms with Crippen LogP contribution in [0.3, 0.4) is 0 Å². The Balaban J connectivity index is 2.00. The second-order valence-electron chi connectivity index (χ2n) is 6.52. The summed E-state index contributed by atoms with van der Waals surface area (Å²) in [6.45, 7) is 1.50. The number of benzene rings is 1. The number of carbonyl (C=O) groups excluding carboxylic acids is 2. The number of nitrogens with zero attached hydrogens (tertiary/aromatic N) is 3. The number of amides is 3. The standard InChI is InChI=1S/C17H20N3O5/c1-11-15(19(23)24)16(21)18(17(22)20(11,2)13-6-7-13)10-12-4-8-14(25-3)9-5-12/h4-5,8-9,13H,6-7,10H2,1-3H3/q+1. The van der Waals surface area contributed by atoms with Crippen LogP contribution in [0.25, 0.3) is 0 Å². The lowest BCUT2D eigenvalue weighted by Crippen LogP contribution is -2.62. The molecule has 1 fully saturated rings. The van der Waals surface area contributed by atoms with Gasteiger partial charge < -0.3 is 4.74 Å². The van der Waals surface area contributed by atoms with Crippen LogP contribution in [0.4, 0.5) is 4.79 Å². The number of urea groups is 1. The van der Waals surface area contributed by atoms with Crippen molar-refractivity contribution in [3.8, 4) is 5.75 Å². The summed E-state index contributed by atoms with van der Waals surface area (Å²) in [6.07, 6.45) is 1.63. The summed E-state index contributed by atoms with van der Waals surface area (Å²) in [4.78, 5) is 37.4. The van der Waals surface area contributed by atoms with Gasteiger partial charge in [-0.1, -0.05) is 12.1 Å². The molecule has 1 unspecified atom stereocenters. The highest BCUT2D eigenvalue weighted by atomic mass is 16.6. The van der Waals surface area contributed by atoms with Gasteiger partial charge in [-0.15, -0.1) is 0 Å². The minimum Gasteiger partial charge on any atom is -0.497 e. The summed E-state index contributed by atoms with van der Waals surface area (Å²) in [7, 11) is 3.20. The topological polar surface area (TPSA) is 89.8 Å². The molecule has 3 rings (SSSR count). The monoisotopic (exact) mass is 346 g/mol. The Kier molecular flexibility index (Phi) is 4.08. The number of hydrogen-bond donors (Lipinski definition) is 0. The number of methoxy groups -OCH3 is 1. The number of ether oxygens (including phenoxy) is 1. The van der Waals surface area contributed by atoms with Gasteiger partial charge >= 0.3 is 17.6 Å². The van der Waals surface area contributed by atoms with Gasteiger partial charge in [0.2, 0.25) is 0 Å². The summed E-state index contributed by atoms with van der Waals surface area (Å²) in [5.74, 6) is -0.195.